The third-order valence-electron chi connectivity index (χ3n) is 5.70. The lowest BCUT2D eigenvalue weighted by Crippen LogP contribution is -2.44. The van der Waals surface area contributed by atoms with Crippen LogP contribution in [0.2, 0.25) is 0 Å². The number of likely N-dealkylation sites (tertiary alicyclic amines) is 2. The number of rotatable bonds is 4. The molecule has 1 aliphatic carbocycles. The predicted octanol–water partition coefficient (Wildman–Crippen LogP) is 2.19. The Morgan fingerprint density at radius 3 is 2.40 bits per heavy atom. The molecule has 0 aromatic rings. The SMILES string of the molecule is O=C(O)C1(CN2CCC(N3CCCCC3)C2)CCCC1. The minimum Gasteiger partial charge on any atom is -0.481 e. The Kier molecular flexibility index (Phi) is 4.32. The zero-order chi connectivity index (χ0) is 14.0. The smallest absolute Gasteiger partial charge is 0.310 e. The van der Waals surface area contributed by atoms with Gasteiger partial charge in [0, 0.05) is 19.1 Å². The molecule has 1 saturated carbocycles. The highest BCUT2D eigenvalue weighted by Crippen LogP contribution is 2.40. The van der Waals surface area contributed by atoms with E-state index in [2.05, 4.69) is 9.80 Å². The van der Waals surface area contributed by atoms with E-state index in [0.717, 1.165) is 45.3 Å². The monoisotopic (exact) mass is 280 g/mol. The third-order valence-corrected chi connectivity index (χ3v) is 5.70. The number of carboxylic acid groups (broad SMARTS) is 1. The number of hydrogen-bond donors (Lipinski definition) is 1. The highest BCUT2D eigenvalue weighted by atomic mass is 16.4. The Labute approximate surface area is 122 Å². The van der Waals surface area contributed by atoms with Crippen LogP contribution in [0, 0.1) is 5.41 Å². The van der Waals surface area contributed by atoms with E-state index in [9.17, 15) is 9.90 Å². The number of hydrogen-bond acceptors (Lipinski definition) is 3. The van der Waals surface area contributed by atoms with Crippen LogP contribution in [-0.4, -0.2) is 59.6 Å². The summed E-state index contributed by atoms with van der Waals surface area (Å²) in [6.07, 6.45) is 9.25. The molecule has 0 bridgehead atoms. The second kappa shape index (κ2) is 6.02. The van der Waals surface area contributed by atoms with E-state index >= 15 is 0 Å². The quantitative estimate of drug-likeness (QED) is 0.857. The highest BCUT2D eigenvalue weighted by molar-refractivity contribution is 5.75. The maximum Gasteiger partial charge on any atom is 0.310 e. The molecule has 2 aliphatic heterocycles. The van der Waals surface area contributed by atoms with Crippen LogP contribution in [0.25, 0.3) is 0 Å². The lowest BCUT2D eigenvalue weighted by Gasteiger charge is -2.33. The summed E-state index contributed by atoms with van der Waals surface area (Å²) in [5.41, 5.74) is -0.434. The topological polar surface area (TPSA) is 43.8 Å². The molecule has 1 atom stereocenters. The molecule has 0 amide bonds. The fourth-order valence-electron chi connectivity index (χ4n) is 4.46. The maximum absolute atomic E-state index is 11.7. The number of nitrogens with zero attached hydrogens (tertiary/aromatic N) is 2. The fourth-order valence-corrected chi connectivity index (χ4v) is 4.46. The summed E-state index contributed by atoms with van der Waals surface area (Å²) < 4.78 is 0. The molecule has 2 saturated heterocycles. The summed E-state index contributed by atoms with van der Waals surface area (Å²) >= 11 is 0. The molecule has 4 heteroatoms. The molecule has 3 rings (SSSR count). The van der Waals surface area contributed by atoms with Crippen LogP contribution >= 0.6 is 0 Å². The molecule has 114 valence electrons. The second-order valence-corrected chi connectivity index (χ2v) is 7.07. The molecule has 1 N–H and O–H groups in total. The van der Waals surface area contributed by atoms with Crippen molar-refractivity contribution >= 4 is 5.97 Å². The first-order valence-corrected chi connectivity index (χ1v) is 8.39. The van der Waals surface area contributed by atoms with Crippen molar-refractivity contribution in [2.24, 2.45) is 5.41 Å². The minimum absolute atomic E-state index is 0.434. The zero-order valence-electron chi connectivity index (χ0n) is 12.5. The van der Waals surface area contributed by atoms with E-state index in [1.165, 1.54) is 38.8 Å². The Morgan fingerprint density at radius 1 is 1.05 bits per heavy atom. The largest absolute Gasteiger partial charge is 0.481 e. The molecule has 0 spiro atoms. The van der Waals surface area contributed by atoms with Crippen molar-refractivity contribution in [1.82, 2.24) is 9.80 Å². The number of piperidine rings is 1. The summed E-state index contributed by atoms with van der Waals surface area (Å²) in [5.74, 6) is -0.559. The molecule has 3 fully saturated rings. The van der Waals surface area contributed by atoms with Gasteiger partial charge in [0.2, 0.25) is 0 Å². The summed E-state index contributed by atoms with van der Waals surface area (Å²) in [6, 6.07) is 0.683. The van der Waals surface area contributed by atoms with Crippen molar-refractivity contribution in [2.45, 2.75) is 57.4 Å². The highest BCUT2D eigenvalue weighted by Gasteiger charge is 2.44. The van der Waals surface area contributed by atoms with Crippen molar-refractivity contribution in [3.63, 3.8) is 0 Å². The molecule has 1 unspecified atom stereocenters. The van der Waals surface area contributed by atoms with E-state index < -0.39 is 11.4 Å². The van der Waals surface area contributed by atoms with Crippen LogP contribution in [0.1, 0.15) is 51.4 Å². The molecular formula is C16H28N2O2. The van der Waals surface area contributed by atoms with Gasteiger partial charge in [-0.1, -0.05) is 19.3 Å². The van der Waals surface area contributed by atoms with Crippen LogP contribution in [0.15, 0.2) is 0 Å². The van der Waals surface area contributed by atoms with Gasteiger partial charge in [0.15, 0.2) is 0 Å². The van der Waals surface area contributed by atoms with Crippen molar-refractivity contribution in [3.05, 3.63) is 0 Å². The van der Waals surface area contributed by atoms with Gasteiger partial charge in [-0.25, -0.2) is 0 Å². The van der Waals surface area contributed by atoms with Gasteiger partial charge in [0.25, 0.3) is 0 Å². The average Bonchev–Trinajstić information content (AvgIpc) is 3.10. The molecular weight excluding hydrogens is 252 g/mol. The van der Waals surface area contributed by atoms with E-state index in [-0.39, 0.29) is 0 Å². The van der Waals surface area contributed by atoms with E-state index in [1.807, 2.05) is 0 Å². The van der Waals surface area contributed by atoms with Crippen LogP contribution in [-0.2, 0) is 4.79 Å². The molecule has 0 radical (unpaired) electrons. The molecule has 0 aromatic heterocycles. The summed E-state index contributed by atoms with van der Waals surface area (Å²) in [6.45, 7) is 5.48. The Bertz CT molecular complexity index is 346. The van der Waals surface area contributed by atoms with Crippen molar-refractivity contribution in [1.29, 1.82) is 0 Å². The lowest BCUT2D eigenvalue weighted by molar-refractivity contribution is -0.149. The second-order valence-electron chi connectivity index (χ2n) is 7.07. The zero-order valence-corrected chi connectivity index (χ0v) is 12.5. The third kappa shape index (κ3) is 2.86. The molecule has 3 aliphatic rings. The van der Waals surface area contributed by atoms with Crippen LogP contribution in [0.3, 0.4) is 0 Å². The molecule has 0 aromatic carbocycles. The fraction of sp³-hybridized carbons (Fsp3) is 0.938. The molecule has 4 nitrogen and oxygen atoms in total. The number of aliphatic carboxylic acids is 1. The minimum atomic E-state index is -0.559. The van der Waals surface area contributed by atoms with Gasteiger partial charge >= 0.3 is 5.97 Å². The van der Waals surface area contributed by atoms with Crippen molar-refractivity contribution in [2.75, 3.05) is 32.7 Å². The maximum atomic E-state index is 11.7. The number of carbonyl (C=O) groups is 1. The van der Waals surface area contributed by atoms with E-state index in [1.54, 1.807) is 0 Å². The van der Waals surface area contributed by atoms with Crippen LogP contribution in [0.5, 0.6) is 0 Å². The first-order chi connectivity index (χ1) is 9.70. The standard InChI is InChI=1S/C16H28N2O2/c19-15(20)16(7-2-3-8-16)13-17-11-6-14(12-17)18-9-4-1-5-10-18/h14H,1-13H2,(H,19,20). The van der Waals surface area contributed by atoms with Crippen molar-refractivity contribution < 1.29 is 9.90 Å². The lowest BCUT2D eigenvalue weighted by atomic mass is 9.86. The molecule has 2 heterocycles. The summed E-state index contributed by atoms with van der Waals surface area (Å²) in [4.78, 5) is 16.7. The first kappa shape index (κ1) is 14.3. The Balaban J connectivity index is 1.55. The van der Waals surface area contributed by atoms with Crippen molar-refractivity contribution in [3.8, 4) is 0 Å². The van der Waals surface area contributed by atoms with Gasteiger partial charge in [-0.3, -0.25) is 9.69 Å². The first-order valence-electron chi connectivity index (χ1n) is 8.39. The number of carboxylic acids is 1. The van der Waals surface area contributed by atoms with E-state index in [0.29, 0.717) is 6.04 Å². The van der Waals surface area contributed by atoms with Gasteiger partial charge in [-0.2, -0.15) is 0 Å². The predicted molar refractivity (Wildman–Crippen MR) is 78.8 cm³/mol. The summed E-state index contributed by atoms with van der Waals surface area (Å²) in [5, 5.41) is 9.60. The van der Waals surface area contributed by atoms with Gasteiger partial charge in [-0.15, -0.1) is 0 Å². The van der Waals surface area contributed by atoms with E-state index in [4.69, 9.17) is 0 Å². The normalized spacial score (nSPS) is 31.7. The summed E-state index contributed by atoms with van der Waals surface area (Å²) in [7, 11) is 0. The molecule has 20 heavy (non-hydrogen) atoms. The van der Waals surface area contributed by atoms with Gasteiger partial charge in [0.05, 0.1) is 5.41 Å². The average molecular weight is 280 g/mol. The van der Waals surface area contributed by atoms with Crippen LogP contribution in [0.4, 0.5) is 0 Å². The van der Waals surface area contributed by atoms with Gasteiger partial charge in [-0.05, 0) is 51.7 Å². The van der Waals surface area contributed by atoms with Crippen LogP contribution < -0.4 is 0 Å². The Hall–Kier alpha value is -0.610. The van der Waals surface area contributed by atoms with Gasteiger partial charge in [0.1, 0.15) is 0 Å². The van der Waals surface area contributed by atoms with Gasteiger partial charge < -0.3 is 10.0 Å². The Morgan fingerprint density at radius 2 is 1.75 bits per heavy atom.